The van der Waals surface area contributed by atoms with Crippen molar-refractivity contribution in [3.63, 3.8) is 0 Å². The van der Waals surface area contributed by atoms with E-state index in [1.807, 2.05) is 0 Å². The number of benzene rings is 1. The molecule has 8 heteroatoms. The number of ether oxygens (including phenoxy) is 1. The maximum Gasteiger partial charge on any atom is 0.416 e. The summed E-state index contributed by atoms with van der Waals surface area (Å²) in [6.45, 7) is 2.00. The molecule has 1 atom stereocenters. The zero-order chi connectivity index (χ0) is 17.0. The molecule has 1 aliphatic heterocycles. The second-order valence-corrected chi connectivity index (χ2v) is 5.38. The first-order chi connectivity index (χ1) is 10.8. The van der Waals surface area contributed by atoms with Gasteiger partial charge in [0.25, 0.3) is 0 Å². The van der Waals surface area contributed by atoms with Gasteiger partial charge in [0.1, 0.15) is 5.75 Å². The third kappa shape index (κ3) is 4.54. The van der Waals surface area contributed by atoms with Crippen molar-refractivity contribution >= 4 is 0 Å². The molecular weight excluding hydrogens is 319 g/mol. The fraction of sp³-hybridized carbons (Fsp3) is 0.600. The Bertz CT molecular complexity index is 515. The Kier molecular flexibility index (Phi) is 5.80. The lowest BCUT2D eigenvalue weighted by Crippen LogP contribution is -2.45. The molecule has 0 saturated carbocycles. The van der Waals surface area contributed by atoms with Crippen LogP contribution in [0.15, 0.2) is 18.2 Å². The predicted molar refractivity (Wildman–Crippen MR) is 75.8 cm³/mol. The summed E-state index contributed by atoms with van der Waals surface area (Å²) in [5, 5.41) is 3.07. The number of piperazine rings is 1. The highest BCUT2D eigenvalue weighted by molar-refractivity contribution is 5.39. The van der Waals surface area contributed by atoms with E-state index in [4.69, 9.17) is 4.74 Å². The lowest BCUT2D eigenvalue weighted by atomic mass is 9.95. The molecule has 1 fully saturated rings. The summed E-state index contributed by atoms with van der Waals surface area (Å²) in [4.78, 5) is 1.68. The van der Waals surface area contributed by atoms with Gasteiger partial charge in [-0.1, -0.05) is 6.07 Å². The molecule has 1 N–H and O–H groups in total. The van der Waals surface area contributed by atoms with E-state index in [1.54, 1.807) is 4.90 Å². The molecule has 3 nitrogen and oxygen atoms in total. The first-order valence-electron chi connectivity index (χ1n) is 7.31. The highest BCUT2D eigenvalue weighted by atomic mass is 19.4. The van der Waals surface area contributed by atoms with Crippen molar-refractivity contribution in [1.82, 2.24) is 10.2 Å². The number of halogens is 5. The molecule has 0 amide bonds. The zero-order valence-electron chi connectivity index (χ0n) is 12.7. The summed E-state index contributed by atoms with van der Waals surface area (Å²) in [5.74, 6) is 0.0529. The molecule has 0 spiro atoms. The standard InChI is InChI=1S/C15H19F5N2O/c1-23-10-2-3-11(12(8-10)15(18,19)20)13(9-14(16)17)22-6-4-21-5-7-22/h2-3,8,13-14,21H,4-7,9H2,1H3/t13-/m1/s1. The number of rotatable bonds is 5. The summed E-state index contributed by atoms with van der Waals surface area (Å²) in [6.07, 6.45) is -7.94. The van der Waals surface area contributed by atoms with Crippen molar-refractivity contribution in [2.75, 3.05) is 33.3 Å². The van der Waals surface area contributed by atoms with E-state index in [0.29, 0.717) is 26.2 Å². The minimum Gasteiger partial charge on any atom is -0.497 e. The van der Waals surface area contributed by atoms with Crippen LogP contribution in [0, 0.1) is 0 Å². The highest BCUT2D eigenvalue weighted by Gasteiger charge is 2.38. The summed E-state index contributed by atoms with van der Waals surface area (Å²) in [5.41, 5.74) is -1.04. The molecule has 0 aliphatic carbocycles. The first-order valence-corrected chi connectivity index (χ1v) is 7.31. The summed E-state index contributed by atoms with van der Waals surface area (Å²) >= 11 is 0. The smallest absolute Gasteiger partial charge is 0.416 e. The third-order valence-corrected chi connectivity index (χ3v) is 3.92. The molecule has 1 aliphatic rings. The van der Waals surface area contributed by atoms with Crippen LogP contribution >= 0.6 is 0 Å². The van der Waals surface area contributed by atoms with Gasteiger partial charge in [-0.2, -0.15) is 13.2 Å². The second-order valence-electron chi connectivity index (χ2n) is 5.38. The van der Waals surface area contributed by atoms with Gasteiger partial charge in [0.2, 0.25) is 6.43 Å². The van der Waals surface area contributed by atoms with Gasteiger partial charge in [0.05, 0.1) is 12.7 Å². The lowest BCUT2D eigenvalue weighted by molar-refractivity contribution is -0.139. The molecule has 0 aromatic heterocycles. The molecule has 0 unspecified atom stereocenters. The van der Waals surface area contributed by atoms with Crippen LogP contribution in [-0.4, -0.2) is 44.6 Å². The van der Waals surface area contributed by atoms with E-state index >= 15 is 0 Å². The van der Waals surface area contributed by atoms with Crippen LogP contribution in [0.3, 0.4) is 0 Å². The van der Waals surface area contributed by atoms with E-state index in [-0.39, 0.29) is 11.3 Å². The average molecular weight is 338 g/mol. The first kappa shape index (κ1) is 17.9. The Morgan fingerprint density at radius 1 is 1.22 bits per heavy atom. The topological polar surface area (TPSA) is 24.5 Å². The highest BCUT2D eigenvalue weighted by Crippen LogP contribution is 2.40. The van der Waals surface area contributed by atoms with Crippen molar-refractivity contribution in [2.45, 2.75) is 25.1 Å². The molecule has 130 valence electrons. The number of hydrogen-bond acceptors (Lipinski definition) is 3. The van der Waals surface area contributed by atoms with Crippen LogP contribution in [0.4, 0.5) is 22.0 Å². The Morgan fingerprint density at radius 2 is 1.87 bits per heavy atom. The molecule has 2 rings (SSSR count). The van der Waals surface area contributed by atoms with Gasteiger partial charge in [-0.3, -0.25) is 4.90 Å². The van der Waals surface area contributed by atoms with E-state index in [9.17, 15) is 22.0 Å². The summed E-state index contributed by atoms with van der Waals surface area (Å²) in [7, 11) is 1.27. The molecule has 1 heterocycles. The molecule has 1 saturated heterocycles. The number of nitrogens with zero attached hydrogens (tertiary/aromatic N) is 1. The van der Waals surface area contributed by atoms with E-state index in [2.05, 4.69) is 5.32 Å². The van der Waals surface area contributed by atoms with Crippen LogP contribution in [0.2, 0.25) is 0 Å². The van der Waals surface area contributed by atoms with Gasteiger partial charge < -0.3 is 10.1 Å². The van der Waals surface area contributed by atoms with Crippen molar-refractivity contribution in [3.05, 3.63) is 29.3 Å². The van der Waals surface area contributed by atoms with Gasteiger partial charge >= 0.3 is 6.18 Å². The van der Waals surface area contributed by atoms with Gasteiger partial charge in [-0.25, -0.2) is 8.78 Å². The van der Waals surface area contributed by atoms with E-state index in [0.717, 1.165) is 6.07 Å². The Balaban J connectivity index is 2.44. The lowest BCUT2D eigenvalue weighted by Gasteiger charge is -2.36. The van der Waals surface area contributed by atoms with Crippen LogP contribution < -0.4 is 10.1 Å². The normalized spacial score (nSPS) is 18.2. The van der Waals surface area contributed by atoms with E-state index in [1.165, 1.54) is 19.2 Å². The minimum atomic E-state index is -4.63. The van der Waals surface area contributed by atoms with Crippen molar-refractivity contribution in [1.29, 1.82) is 0 Å². The molecule has 0 bridgehead atoms. The number of alkyl halides is 5. The van der Waals surface area contributed by atoms with Crippen molar-refractivity contribution in [3.8, 4) is 5.75 Å². The fourth-order valence-corrected chi connectivity index (χ4v) is 2.83. The minimum absolute atomic E-state index is 0.0529. The summed E-state index contributed by atoms with van der Waals surface area (Å²) < 4.78 is 70.8. The largest absolute Gasteiger partial charge is 0.497 e. The zero-order valence-corrected chi connectivity index (χ0v) is 12.7. The monoisotopic (exact) mass is 338 g/mol. The number of hydrogen-bond donors (Lipinski definition) is 1. The summed E-state index contributed by atoms with van der Waals surface area (Å²) in [6, 6.07) is 2.53. The van der Waals surface area contributed by atoms with Crippen LogP contribution in [0.5, 0.6) is 5.75 Å². The third-order valence-electron chi connectivity index (χ3n) is 3.92. The molecule has 1 aromatic rings. The molecule has 23 heavy (non-hydrogen) atoms. The quantitative estimate of drug-likeness (QED) is 0.834. The van der Waals surface area contributed by atoms with Crippen LogP contribution in [0.25, 0.3) is 0 Å². The van der Waals surface area contributed by atoms with Gasteiger partial charge in [0.15, 0.2) is 0 Å². The SMILES string of the molecule is COc1ccc([C@@H](CC(F)F)N2CCNCC2)c(C(F)(F)F)c1. The average Bonchev–Trinajstić information content (AvgIpc) is 2.52. The molecule has 0 radical (unpaired) electrons. The van der Waals surface area contributed by atoms with Gasteiger partial charge in [-0.15, -0.1) is 0 Å². The van der Waals surface area contributed by atoms with Crippen molar-refractivity contribution in [2.24, 2.45) is 0 Å². The fourth-order valence-electron chi connectivity index (χ4n) is 2.83. The Morgan fingerprint density at radius 3 is 2.39 bits per heavy atom. The number of methoxy groups -OCH3 is 1. The Labute approximate surface area is 131 Å². The van der Waals surface area contributed by atoms with Crippen LogP contribution in [0.1, 0.15) is 23.6 Å². The number of nitrogens with one attached hydrogen (secondary N) is 1. The van der Waals surface area contributed by atoms with Gasteiger partial charge in [0, 0.05) is 38.6 Å². The Hall–Kier alpha value is -1.41. The second kappa shape index (κ2) is 7.44. The maximum atomic E-state index is 13.4. The van der Waals surface area contributed by atoms with E-state index < -0.39 is 30.6 Å². The maximum absolute atomic E-state index is 13.4. The van der Waals surface area contributed by atoms with Crippen LogP contribution in [-0.2, 0) is 6.18 Å². The van der Waals surface area contributed by atoms with Gasteiger partial charge in [-0.05, 0) is 17.7 Å². The molecular formula is C15H19F5N2O. The molecule has 1 aromatic carbocycles. The predicted octanol–water partition coefficient (Wildman–Crippen LogP) is 3.32. The van der Waals surface area contributed by atoms with Crippen molar-refractivity contribution < 1.29 is 26.7 Å².